The van der Waals surface area contributed by atoms with Crippen molar-refractivity contribution in [2.75, 3.05) is 0 Å². The minimum absolute atomic E-state index is 0.131. The average Bonchev–Trinajstić information content (AvgIpc) is 3.21. The Kier molecular flexibility index (Phi) is 4.15. The Bertz CT molecular complexity index is 539. The predicted octanol–water partition coefficient (Wildman–Crippen LogP) is 1.92. The number of hydrogen-bond acceptors (Lipinski definition) is 4. The highest BCUT2D eigenvalue weighted by atomic mass is 19.4. The second-order valence-electron chi connectivity index (χ2n) is 4.76. The van der Waals surface area contributed by atoms with Crippen molar-refractivity contribution in [2.45, 2.75) is 38.1 Å². The molecule has 1 atom stereocenters. The van der Waals surface area contributed by atoms with E-state index in [0.717, 1.165) is 25.1 Å². The van der Waals surface area contributed by atoms with Crippen LogP contribution in [0.2, 0.25) is 0 Å². The molecule has 1 fully saturated rings. The van der Waals surface area contributed by atoms with Crippen molar-refractivity contribution in [3.63, 3.8) is 0 Å². The molecule has 1 aromatic heterocycles. The number of rotatable bonds is 4. The summed E-state index contributed by atoms with van der Waals surface area (Å²) >= 11 is 0. The first-order valence-electron chi connectivity index (χ1n) is 6.32. The monoisotopic (exact) mass is 302 g/mol. The summed E-state index contributed by atoms with van der Waals surface area (Å²) in [4.78, 5) is 26.4. The summed E-state index contributed by atoms with van der Waals surface area (Å²) in [5, 5.41) is 2.66. The van der Waals surface area contributed by atoms with Crippen LogP contribution in [-0.2, 0) is 15.7 Å². The van der Waals surface area contributed by atoms with Gasteiger partial charge >= 0.3 is 12.1 Å². The molecule has 114 valence electrons. The predicted molar refractivity (Wildman–Crippen MR) is 65.3 cm³/mol. The maximum atomic E-state index is 12.3. The lowest BCUT2D eigenvalue weighted by atomic mass is 10.2. The van der Waals surface area contributed by atoms with Crippen molar-refractivity contribution in [2.24, 2.45) is 0 Å². The van der Waals surface area contributed by atoms with Gasteiger partial charge in [-0.3, -0.25) is 9.78 Å². The van der Waals surface area contributed by atoms with Gasteiger partial charge in [0.05, 0.1) is 5.56 Å². The third-order valence-electron chi connectivity index (χ3n) is 2.87. The first kappa shape index (κ1) is 15.3. The number of ether oxygens (including phenoxy) is 1. The number of nitrogens with zero attached hydrogens (tertiary/aromatic N) is 1. The van der Waals surface area contributed by atoms with E-state index in [2.05, 4.69) is 10.3 Å². The van der Waals surface area contributed by atoms with E-state index in [9.17, 15) is 22.8 Å². The Morgan fingerprint density at radius 2 is 2.05 bits per heavy atom. The fourth-order valence-electron chi connectivity index (χ4n) is 1.51. The van der Waals surface area contributed by atoms with Crippen LogP contribution in [0.4, 0.5) is 13.2 Å². The van der Waals surface area contributed by atoms with Crippen molar-refractivity contribution in [1.29, 1.82) is 0 Å². The number of pyridine rings is 1. The van der Waals surface area contributed by atoms with Crippen molar-refractivity contribution in [1.82, 2.24) is 10.3 Å². The molecule has 5 nitrogen and oxygen atoms in total. The first-order valence-corrected chi connectivity index (χ1v) is 6.32. The van der Waals surface area contributed by atoms with Crippen molar-refractivity contribution < 1.29 is 27.5 Å². The number of nitrogens with one attached hydrogen (secondary N) is 1. The summed E-state index contributed by atoms with van der Waals surface area (Å²) in [6.07, 6.45) is -3.01. The third kappa shape index (κ3) is 4.17. The average molecular weight is 302 g/mol. The molecule has 1 aromatic rings. The second-order valence-corrected chi connectivity index (χ2v) is 4.76. The molecule has 1 heterocycles. The number of hydrogen-bond donors (Lipinski definition) is 1. The third-order valence-corrected chi connectivity index (χ3v) is 2.87. The number of carbonyl (C=O) groups excluding carboxylic acids is 2. The number of alkyl halides is 3. The summed E-state index contributed by atoms with van der Waals surface area (Å²) in [7, 11) is 0. The Hall–Kier alpha value is -2.12. The number of aromatic nitrogens is 1. The van der Waals surface area contributed by atoms with Gasteiger partial charge in [0.1, 0.15) is 5.69 Å². The summed E-state index contributed by atoms with van der Waals surface area (Å²) in [5.74, 6) is -1.32. The number of esters is 1. The van der Waals surface area contributed by atoms with Crippen molar-refractivity contribution in [3.05, 3.63) is 29.6 Å². The number of amides is 1. The lowest BCUT2D eigenvalue weighted by Gasteiger charge is -2.13. The van der Waals surface area contributed by atoms with Crippen molar-refractivity contribution >= 4 is 11.9 Å². The highest BCUT2D eigenvalue weighted by Crippen LogP contribution is 2.27. The quantitative estimate of drug-likeness (QED) is 0.863. The Morgan fingerprint density at radius 3 is 2.52 bits per heavy atom. The zero-order valence-electron chi connectivity index (χ0n) is 11.1. The smallest absolute Gasteiger partial charge is 0.433 e. The molecule has 0 aliphatic heterocycles. The van der Waals surface area contributed by atoms with Crippen LogP contribution in [0.25, 0.3) is 0 Å². The normalized spacial score (nSPS) is 16.2. The van der Waals surface area contributed by atoms with E-state index in [1.54, 1.807) is 0 Å². The lowest BCUT2D eigenvalue weighted by molar-refractivity contribution is -0.141. The van der Waals surface area contributed by atoms with Crippen molar-refractivity contribution in [3.8, 4) is 0 Å². The standard InChI is InChI=1S/C13H13F3N2O3/c1-7(11(19)18-9-3-4-9)21-12(20)8-2-5-10(17-6-8)13(14,15)16/h2,5-7,9H,3-4H2,1H3,(H,18,19). The van der Waals surface area contributed by atoms with Crippen LogP contribution < -0.4 is 5.32 Å². The summed E-state index contributed by atoms with van der Waals surface area (Å²) in [5.41, 5.74) is -1.24. The van der Waals surface area contributed by atoms with Crippen LogP contribution in [0.5, 0.6) is 0 Å². The van der Waals surface area contributed by atoms with Gasteiger partial charge in [0, 0.05) is 12.2 Å². The molecule has 2 rings (SSSR count). The fraction of sp³-hybridized carbons (Fsp3) is 0.462. The molecule has 1 saturated carbocycles. The molecule has 1 aliphatic rings. The molecule has 21 heavy (non-hydrogen) atoms. The van der Waals surface area contributed by atoms with E-state index in [1.807, 2.05) is 0 Å². The molecule has 1 amide bonds. The van der Waals surface area contributed by atoms with Crippen LogP contribution in [0.3, 0.4) is 0 Å². The van der Waals surface area contributed by atoms with E-state index in [1.165, 1.54) is 6.92 Å². The van der Waals surface area contributed by atoms with Gasteiger partial charge in [0.2, 0.25) is 0 Å². The summed E-state index contributed by atoms with van der Waals surface area (Å²) < 4.78 is 41.9. The van der Waals surface area contributed by atoms with Gasteiger partial charge in [-0.2, -0.15) is 13.2 Å². The van der Waals surface area contributed by atoms with E-state index >= 15 is 0 Å². The van der Waals surface area contributed by atoms with E-state index in [-0.39, 0.29) is 11.6 Å². The molecule has 1 aliphatic carbocycles. The number of halogens is 3. The minimum atomic E-state index is -4.57. The highest BCUT2D eigenvalue weighted by molar-refractivity contribution is 5.92. The van der Waals surface area contributed by atoms with E-state index in [0.29, 0.717) is 6.07 Å². The zero-order chi connectivity index (χ0) is 15.6. The molecule has 0 bridgehead atoms. The van der Waals surface area contributed by atoms with Crippen LogP contribution in [0.15, 0.2) is 18.3 Å². The van der Waals surface area contributed by atoms with Gasteiger partial charge in [0.25, 0.3) is 5.91 Å². The highest BCUT2D eigenvalue weighted by Gasteiger charge is 2.32. The van der Waals surface area contributed by atoms with Crippen LogP contribution in [-0.4, -0.2) is 29.0 Å². The Balaban J connectivity index is 1.94. The lowest BCUT2D eigenvalue weighted by Crippen LogP contribution is -2.37. The van der Waals surface area contributed by atoms with Gasteiger partial charge in [-0.15, -0.1) is 0 Å². The van der Waals surface area contributed by atoms with Gasteiger partial charge < -0.3 is 10.1 Å². The van der Waals surface area contributed by atoms with Gasteiger partial charge in [-0.05, 0) is 31.9 Å². The Morgan fingerprint density at radius 1 is 1.38 bits per heavy atom. The molecule has 0 saturated heterocycles. The molecule has 0 aromatic carbocycles. The SMILES string of the molecule is CC(OC(=O)c1ccc(C(F)(F)F)nc1)C(=O)NC1CC1. The Labute approximate surface area is 118 Å². The molecule has 0 radical (unpaired) electrons. The van der Waals surface area contributed by atoms with E-state index < -0.39 is 29.9 Å². The molecule has 1 N–H and O–H groups in total. The molecule has 0 spiro atoms. The van der Waals surface area contributed by atoms with Gasteiger partial charge in [0.15, 0.2) is 6.10 Å². The maximum Gasteiger partial charge on any atom is 0.433 e. The molecular weight excluding hydrogens is 289 g/mol. The van der Waals surface area contributed by atoms with Crippen LogP contribution in [0.1, 0.15) is 35.8 Å². The fourth-order valence-corrected chi connectivity index (χ4v) is 1.51. The minimum Gasteiger partial charge on any atom is -0.449 e. The zero-order valence-corrected chi connectivity index (χ0v) is 11.1. The summed E-state index contributed by atoms with van der Waals surface area (Å²) in [6.45, 7) is 1.40. The van der Waals surface area contributed by atoms with Crippen LogP contribution in [0, 0.1) is 0 Å². The topological polar surface area (TPSA) is 68.3 Å². The first-order chi connectivity index (χ1) is 9.77. The van der Waals surface area contributed by atoms with E-state index in [4.69, 9.17) is 4.74 Å². The van der Waals surface area contributed by atoms with Gasteiger partial charge in [-0.1, -0.05) is 0 Å². The van der Waals surface area contributed by atoms with Crippen LogP contribution >= 0.6 is 0 Å². The maximum absolute atomic E-state index is 12.3. The molecule has 8 heteroatoms. The summed E-state index contributed by atoms with van der Waals surface area (Å²) in [6, 6.07) is 1.78. The number of carbonyl (C=O) groups is 2. The molecular formula is C13H13F3N2O3. The second kappa shape index (κ2) is 5.71. The largest absolute Gasteiger partial charge is 0.449 e. The van der Waals surface area contributed by atoms with Gasteiger partial charge in [-0.25, -0.2) is 4.79 Å². The molecule has 1 unspecified atom stereocenters.